The lowest BCUT2D eigenvalue weighted by Crippen LogP contribution is -2.13. The van der Waals surface area contributed by atoms with Gasteiger partial charge in [0.2, 0.25) is 0 Å². The summed E-state index contributed by atoms with van der Waals surface area (Å²) >= 11 is 0. The lowest BCUT2D eigenvalue weighted by molar-refractivity contribution is 0.0600. The van der Waals surface area contributed by atoms with E-state index in [1.807, 2.05) is 78.9 Å². The van der Waals surface area contributed by atoms with E-state index in [9.17, 15) is 9.36 Å². The van der Waals surface area contributed by atoms with Crippen LogP contribution in [0.15, 0.2) is 90.7 Å². The maximum absolute atomic E-state index is 13.9. The predicted molar refractivity (Wildman–Crippen MR) is 107 cm³/mol. The molecule has 0 aliphatic rings. The highest BCUT2D eigenvalue weighted by Crippen LogP contribution is 2.45. The van der Waals surface area contributed by atoms with Gasteiger partial charge in [-0.3, -0.25) is 0 Å². The summed E-state index contributed by atoms with van der Waals surface area (Å²) in [5, 5.41) is 1.57. The van der Waals surface area contributed by atoms with Crippen molar-refractivity contribution >= 4 is 29.8 Å². The Kier molecular flexibility index (Phi) is 5.50. The van der Waals surface area contributed by atoms with Crippen LogP contribution < -0.4 is 10.6 Å². The van der Waals surface area contributed by atoms with Crippen molar-refractivity contribution in [1.82, 2.24) is 0 Å². The van der Waals surface area contributed by atoms with Gasteiger partial charge in [-0.1, -0.05) is 78.9 Å². The van der Waals surface area contributed by atoms with Gasteiger partial charge in [0, 0.05) is 10.6 Å². The molecule has 3 aromatic carbocycles. The Morgan fingerprint density at radius 3 is 1.77 bits per heavy atom. The summed E-state index contributed by atoms with van der Waals surface area (Å²) in [6, 6.07) is 26.0. The Labute approximate surface area is 153 Å². The Bertz CT molecular complexity index is 902. The van der Waals surface area contributed by atoms with E-state index >= 15 is 0 Å². The topological polar surface area (TPSA) is 43.4 Å². The third kappa shape index (κ3) is 3.84. The minimum Gasteiger partial charge on any atom is -0.465 e. The molecule has 0 unspecified atom stereocenters. The number of esters is 1. The van der Waals surface area contributed by atoms with E-state index in [-0.39, 0.29) is 5.97 Å². The summed E-state index contributed by atoms with van der Waals surface area (Å²) in [5.41, 5.74) is 1.35. The van der Waals surface area contributed by atoms with Gasteiger partial charge < -0.3 is 9.30 Å². The van der Waals surface area contributed by atoms with Crippen LogP contribution in [0.5, 0.6) is 0 Å². The van der Waals surface area contributed by atoms with E-state index in [2.05, 4.69) is 0 Å². The zero-order valence-electron chi connectivity index (χ0n) is 14.4. The zero-order valence-corrected chi connectivity index (χ0v) is 15.3. The molecule has 3 aromatic rings. The standard InChI is InChI=1S/C22H19O3P/c1-25-22(23)19-14-12-18(13-15-19)16-17-26(24,20-8-4-2-5-9-20)21-10-6-3-7-11-21/h2-17H,1H3/b17-16+. The second-order valence-electron chi connectivity index (χ2n) is 5.76. The fraction of sp³-hybridized carbons (Fsp3) is 0.0455. The van der Waals surface area contributed by atoms with Crippen molar-refractivity contribution in [3.63, 3.8) is 0 Å². The largest absolute Gasteiger partial charge is 0.465 e. The molecule has 0 amide bonds. The van der Waals surface area contributed by atoms with E-state index in [0.29, 0.717) is 5.56 Å². The first-order valence-electron chi connectivity index (χ1n) is 8.22. The second-order valence-corrected chi connectivity index (χ2v) is 8.41. The van der Waals surface area contributed by atoms with Crippen LogP contribution in [0.25, 0.3) is 6.08 Å². The molecule has 3 rings (SSSR count). The molecule has 0 saturated carbocycles. The van der Waals surface area contributed by atoms with E-state index < -0.39 is 7.14 Å². The summed E-state index contributed by atoms with van der Waals surface area (Å²) in [6.45, 7) is 0. The minimum atomic E-state index is -2.90. The SMILES string of the molecule is COC(=O)c1ccc(/C=C/P(=O)(c2ccccc2)c2ccccc2)cc1. The molecule has 0 radical (unpaired) electrons. The number of hydrogen-bond donors (Lipinski definition) is 0. The van der Waals surface area contributed by atoms with Crippen molar-refractivity contribution in [2.24, 2.45) is 0 Å². The normalized spacial score (nSPS) is 11.4. The molecule has 26 heavy (non-hydrogen) atoms. The highest BCUT2D eigenvalue weighted by molar-refractivity contribution is 7.81. The summed E-state index contributed by atoms with van der Waals surface area (Å²) in [5.74, 6) is 1.39. The fourth-order valence-corrected chi connectivity index (χ4v) is 4.91. The van der Waals surface area contributed by atoms with Crippen LogP contribution >= 0.6 is 7.14 Å². The molecule has 4 heteroatoms. The molecule has 0 bridgehead atoms. The van der Waals surface area contributed by atoms with Crippen molar-refractivity contribution in [2.75, 3.05) is 7.11 Å². The van der Waals surface area contributed by atoms with Gasteiger partial charge in [-0.05, 0) is 23.5 Å². The number of benzene rings is 3. The third-order valence-corrected chi connectivity index (χ3v) is 6.79. The predicted octanol–water partition coefficient (Wildman–Crippen LogP) is 4.46. The summed E-state index contributed by atoms with van der Waals surface area (Å²) < 4.78 is 18.6. The number of rotatable bonds is 5. The van der Waals surface area contributed by atoms with Crippen molar-refractivity contribution in [1.29, 1.82) is 0 Å². The summed E-state index contributed by atoms with van der Waals surface area (Å²) in [6.07, 6.45) is 1.84. The van der Waals surface area contributed by atoms with Crippen molar-refractivity contribution in [2.45, 2.75) is 0 Å². The molecular formula is C22H19O3P. The molecule has 0 N–H and O–H groups in total. The summed E-state index contributed by atoms with van der Waals surface area (Å²) in [4.78, 5) is 11.5. The van der Waals surface area contributed by atoms with E-state index in [1.165, 1.54) is 7.11 Å². The quantitative estimate of drug-likeness (QED) is 0.497. The first-order valence-corrected chi connectivity index (χ1v) is 10.00. The van der Waals surface area contributed by atoms with Gasteiger partial charge in [0.25, 0.3) is 0 Å². The average molecular weight is 362 g/mol. The zero-order chi connectivity index (χ0) is 18.4. The van der Waals surface area contributed by atoms with Crippen LogP contribution in [0.2, 0.25) is 0 Å². The molecule has 0 aliphatic carbocycles. The Hall–Kier alpha value is -2.90. The second kappa shape index (κ2) is 7.99. The lowest BCUT2D eigenvalue weighted by Gasteiger charge is -2.15. The molecule has 0 heterocycles. The molecule has 0 aromatic heterocycles. The first-order chi connectivity index (χ1) is 12.6. The minimum absolute atomic E-state index is 0.375. The Morgan fingerprint density at radius 2 is 1.31 bits per heavy atom. The fourth-order valence-electron chi connectivity index (χ4n) is 2.66. The van der Waals surface area contributed by atoms with Gasteiger partial charge in [0.05, 0.1) is 12.7 Å². The smallest absolute Gasteiger partial charge is 0.337 e. The molecular weight excluding hydrogens is 343 g/mol. The van der Waals surface area contributed by atoms with Crippen LogP contribution in [-0.4, -0.2) is 13.1 Å². The van der Waals surface area contributed by atoms with E-state index in [4.69, 9.17) is 4.74 Å². The van der Waals surface area contributed by atoms with Crippen LogP contribution in [0.3, 0.4) is 0 Å². The maximum Gasteiger partial charge on any atom is 0.337 e. The molecule has 0 saturated heterocycles. The van der Waals surface area contributed by atoms with Gasteiger partial charge in [-0.15, -0.1) is 0 Å². The Balaban J connectivity index is 1.98. The van der Waals surface area contributed by atoms with Crippen LogP contribution in [0.1, 0.15) is 15.9 Å². The molecule has 3 nitrogen and oxygen atoms in total. The summed E-state index contributed by atoms with van der Waals surface area (Å²) in [7, 11) is -1.55. The van der Waals surface area contributed by atoms with Gasteiger partial charge in [-0.25, -0.2) is 4.79 Å². The van der Waals surface area contributed by atoms with Crippen LogP contribution in [0, 0.1) is 0 Å². The Morgan fingerprint density at radius 1 is 0.808 bits per heavy atom. The lowest BCUT2D eigenvalue weighted by atomic mass is 10.1. The van der Waals surface area contributed by atoms with E-state index in [0.717, 1.165) is 16.2 Å². The highest BCUT2D eigenvalue weighted by atomic mass is 31.2. The van der Waals surface area contributed by atoms with Gasteiger partial charge in [0.15, 0.2) is 7.14 Å². The molecule has 130 valence electrons. The molecule has 0 fully saturated rings. The van der Waals surface area contributed by atoms with Gasteiger partial charge >= 0.3 is 5.97 Å². The van der Waals surface area contributed by atoms with Crippen LogP contribution in [0.4, 0.5) is 0 Å². The van der Waals surface area contributed by atoms with Crippen LogP contribution in [-0.2, 0) is 9.30 Å². The number of ether oxygens (including phenoxy) is 1. The first kappa shape index (κ1) is 17.9. The maximum atomic E-state index is 13.9. The number of carbonyl (C=O) groups is 1. The van der Waals surface area contributed by atoms with Gasteiger partial charge in [-0.2, -0.15) is 0 Å². The van der Waals surface area contributed by atoms with Gasteiger partial charge in [0.1, 0.15) is 0 Å². The van der Waals surface area contributed by atoms with E-state index in [1.54, 1.807) is 17.9 Å². The third-order valence-electron chi connectivity index (χ3n) is 4.09. The molecule has 0 aliphatic heterocycles. The molecule has 0 atom stereocenters. The van der Waals surface area contributed by atoms with Crippen molar-refractivity contribution in [3.05, 3.63) is 102 Å². The van der Waals surface area contributed by atoms with Crippen molar-refractivity contribution < 1.29 is 14.1 Å². The average Bonchev–Trinajstić information content (AvgIpc) is 2.73. The number of hydrogen-bond acceptors (Lipinski definition) is 3. The molecule has 0 spiro atoms. The monoisotopic (exact) mass is 362 g/mol. The number of methoxy groups -OCH3 is 1. The number of carbonyl (C=O) groups excluding carboxylic acids is 1. The van der Waals surface area contributed by atoms with Crippen molar-refractivity contribution in [3.8, 4) is 0 Å². The highest BCUT2D eigenvalue weighted by Gasteiger charge is 2.23.